The van der Waals surface area contributed by atoms with E-state index in [0.717, 1.165) is 16.5 Å². The van der Waals surface area contributed by atoms with Gasteiger partial charge < -0.3 is 8.83 Å². The van der Waals surface area contributed by atoms with Gasteiger partial charge in [0.15, 0.2) is 0 Å². The lowest BCUT2D eigenvalue weighted by Crippen LogP contribution is -2.08. The van der Waals surface area contributed by atoms with Crippen LogP contribution in [0.4, 0.5) is 0 Å². The number of hydrogen-bond donors (Lipinski definition) is 0. The summed E-state index contributed by atoms with van der Waals surface area (Å²) in [7, 11) is 0. The highest BCUT2D eigenvalue weighted by Gasteiger charge is 2.19. The van der Waals surface area contributed by atoms with Crippen LogP contribution >= 0.6 is 11.3 Å². The number of fused-ring (bicyclic) bond motifs is 2. The van der Waals surface area contributed by atoms with Gasteiger partial charge in [-0.05, 0) is 37.3 Å². The zero-order valence-corrected chi connectivity index (χ0v) is 18.1. The molecule has 160 valence electrons. The predicted octanol–water partition coefficient (Wildman–Crippen LogP) is 5.18. The van der Waals surface area contributed by atoms with Crippen molar-refractivity contribution < 1.29 is 8.83 Å². The number of aryl methyl sites for hydroxylation is 1. The summed E-state index contributed by atoms with van der Waals surface area (Å²) in [6, 6.07) is 20.0. The Morgan fingerprint density at radius 3 is 2.12 bits per heavy atom. The number of hydrogen-bond acceptors (Lipinski definition) is 7. The van der Waals surface area contributed by atoms with Gasteiger partial charge in [-0.3, -0.25) is 0 Å². The average Bonchev–Trinajstić information content (AvgIpc) is 3.45. The van der Waals surface area contributed by atoms with Crippen molar-refractivity contribution in [2.75, 3.05) is 0 Å². The standard InChI is InChI=1S/C25H15N3O4S/c1-14-10-20(18-12-16-7-3-5-9-22(16)32-24(18)30)28(27-14)25-26-19(13-33-25)17-11-15-6-2-4-8-21(15)31-23(17)29/h2-13H,1H3. The molecule has 0 aliphatic heterocycles. The Bertz CT molecular complexity index is 1790. The van der Waals surface area contributed by atoms with Gasteiger partial charge in [0.1, 0.15) is 11.2 Å². The smallest absolute Gasteiger partial charge is 0.345 e. The van der Waals surface area contributed by atoms with Crippen molar-refractivity contribution in [2.24, 2.45) is 0 Å². The van der Waals surface area contributed by atoms with Crippen LogP contribution in [0.2, 0.25) is 0 Å². The number of benzene rings is 2. The molecule has 33 heavy (non-hydrogen) atoms. The molecule has 2 aromatic carbocycles. The molecular weight excluding hydrogens is 438 g/mol. The summed E-state index contributed by atoms with van der Waals surface area (Å²) in [6.07, 6.45) is 0. The molecular formula is C25H15N3O4S. The second kappa shape index (κ2) is 7.39. The van der Waals surface area contributed by atoms with Crippen molar-refractivity contribution in [1.29, 1.82) is 0 Å². The Morgan fingerprint density at radius 1 is 0.818 bits per heavy atom. The van der Waals surface area contributed by atoms with E-state index in [-0.39, 0.29) is 0 Å². The third-order valence-corrected chi connectivity index (χ3v) is 6.16. The molecule has 0 N–H and O–H groups in total. The second-order valence-electron chi connectivity index (χ2n) is 7.57. The summed E-state index contributed by atoms with van der Waals surface area (Å²) >= 11 is 1.32. The Balaban J connectivity index is 1.49. The topological polar surface area (TPSA) is 91.1 Å². The molecule has 0 atom stereocenters. The Labute approximate surface area is 190 Å². The summed E-state index contributed by atoms with van der Waals surface area (Å²) in [5.41, 5.74) is 2.66. The van der Waals surface area contributed by atoms with E-state index in [0.29, 0.717) is 38.8 Å². The van der Waals surface area contributed by atoms with Crippen molar-refractivity contribution in [3.05, 3.63) is 98.6 Å². The number of para-hydroxylation sites is 2. The van der Waals surface area contributed by atoms with E-state index < -0.39 is 11.3 Å². The fourth-order valence-electron chi connectivity index (χ4n) is 3.80. The molecule has 4 heterocycles. The summed E-state index contributed by atoms with van der Waals surface area (Å²) in [4.78, 5) is 29.9. The zero-order valence-electron chi connectivity index (χ0n) is 17.3. The van der Waals surface area contributed by atoms with E-state index in [4.69, 9.17) is 8.83 Å². The zero-order chi connectivity index (χ0) is 22.5. The van der Waals surface area contributed by atoms with Crippen molar-refractivity contribution in [3.63, 3.8) is 0 Å². The van der Waals surface area contributed by atoms with Gasteiger partial charge in [0.05, 0.1) is 28.2 Å². The maximum atomic E-state index is 12.7. The van der Waals surface area contributed by atoms with Crippen LogP contribution in [0.25, 0.3) is 49.6 Å². The highest BCUT2D eigenvalue weighted by atomic mass is 32.1. The molecule has 0 unspecified atom stereocenters. The SMILES string of the molecule is Cc1cc(-c2cc3ccccc3oc2=O)n(-c2nc(-c3cc4ccccc4oc3=O)cs2)n1. The third kappa shape index (κ3) is 3.28. The summed E-state index contributed by atoms with van der Waals surface area (Å²) < 4.78 is 12.6. The van der Waals surface area contributed by atoms with Gasteiger partial charge in [-0.15, -0.1) is 11.3 Å². The summed E-state index contributed by atoms with van der Waals surface area (Å²) in [6.45, 7) is 1.84. The van der Waals surface area contributed by atoms with Crippen LogP contribution in [0.3, 0.4) is 0 Å². The first-order valence-electron chi connectivity index (χ1n) is 10.2. The van der Waals surface area contributed by atoms with Crippen molar-refractivity contribution in [1.82, 2.24) is 14.8 Å². The minimum absolute atomic E-state index is 0.367. The Hall–Kier alpha value is -4.30. The number of nitrogens with zero attached hydrogens (tertiary/aromatic N) is 3. The van der Waals surface area contributed by atoms with Crippen LogP contribution < -0.4 is 11.3 Å². The van der Waals surface area contributed by atoms with E-state index in [2.05, 4.69) is 10.1 Å². The van der Waals surface area contributed by atoms with Crippen LogP contribution in [0.15, 0.2) is 90.5 Å². The lowest BCUT2D eigenvalue weighted by atomic mass is 10.1. The van der Waals surface area contributed by atoms with Gasteiger partial charge >= 0.3 is 11.3 Å². The van der Waals surface area contributed by atoms with Crippen molar-refractivity contribution in [3.8, 4) is 27.6 Å². The van der Waals surface area contributed by atoms with Gasteiger partial charge in [0.2, 0.25) is 5.13 Å². The molecule has 6 rings (SSSR count). The summed E-state index contributed by atoms with van der Waals surface area (Å²) in [5.74, 6) is 0. The fraction of sp³-hybridized carbons (Fsp3) is 0.0400. The van der Waals surface area contributed by atoms with Gasteiger partial charge in [0.25, 0.3) is 0 Å². The van der Waals surface area contributed by atoms with Gasteiger partial charge in [-0.25, -0.2) is 19.3 Å². The van der Waals surface area contributed by atoms with E-state index in [1.54, 1.807) is 34.3 Å². The molecule has 0 fully saturated rings. The molecule has 6 aromatic rings. The molecule has 0 bridgehead atoms. The normalized spacial score (nSPS) is 11.4. The number of aromatic nitrogens is 3. The van der Waals surface area contributed by atoms with Gasteiger partial charge in [-0.2, -0.15) is 5.10 Å². The molecule has 0 aliphatic rings. The van der Waals surface area contributed by atoms with Crippen LogP contribution in [-0.4, -0.2) is 14.8 Å². The second-order valence-corrected chi connectivity index (χ2v) is 8.41. The van der Waals surface area contributed by atoms with Crippen LogP contribution in [0.5, 0.6) is 0 Å². The predicted molar refractivity (Wildman–Crippen MR) is 127 cm³/mol. The first-order valence-corrected chi connectivity index (χ1v) is 11.0. The minimum atomic E-state index is -0.461. The highest BCUT2D eigenvalue weighted by Crippen LogP contribution is 2.29. The Kier molecular flexibility index (Phi) is 4.34. The molecule has 0 saturated carbocycles. The van der Waals surface area contributed by atoms with Crippen LogP contribution in [-0.2, 0) is 0 Å². The van der Waals surface area contributed by atoms with E-state index in [1.807, 2.05) is 49.4 Å². The lowest BCUT2D eigenvalue weighted by Gasteiger charge is -2.04. The van der Waals surface area contributed by atoms with Crippen molar-refractivity contribution >= 4 is 33.3 Å². The largest absolute Gasteiger partial charge is 0.422 e. The van der Waals surface area contributed by atoms with Crippen LogP contribution in [0, 0.1) is 6.92 Å². The minimum Gasteiger partial charge on any atom is -0.422 e. The molecule has 7 nitrogen and oxygen atoms in total. The first kappa shape index (κ1) is 19.4. The fourth-order valence-corrected chi connectivity index (χ4v) is 4.59. The molecule has 0 saturated heterocycles. The molecule has 8 heteroatoms. The molecule has 0 amide bonds. The molecule has 0 radical (unpaired) electrons. The molecule has 0 spiro atoms. The molecule has 4 aromatic heterocycles. The van der Waals surface area contributed by atoms with E-state index in [1.165, 1.54) is 11.3 Å². The maximum absolute atomic E-state index is 12.7. The number of rotatable bonds is 3. The maximum Gasteiger partial charge on any atom is 0.345 e. The van der Waals surface area contributed by atoms with Gasteiger partial charge in [-0.1, -0.05) is 36.4 Å². The van der Waals surface area contributed by atoms with Gasteiger partial charge in [0, 0.05) is 16.2 Å². The highest BCUT2D eigenvalue weighted by molar-refractivity contribution is 7.12. The summed E-state index contributed by atoms with van der Waals surface area (Å²) in [5, 5.41) is 8.46. The van der Waals surface area contributed by atoms with E-state index >= 15 is 0 Å². The molecule has 0 aliphatic carbocycles. The van der Waals surface area contributed by atoms with E-state index in [9.17, 15) is 9.59 Å². The Morgan fingerprint density at radius 2 is 1.42 bits per heavy atom. The first-order chi connectivity index (χ1) is 16.1. The third-order valence-electron chi connectivity index (χ3n) is 5.34. The average molecular weight is 453 g/mol. The monoisotopic (exact) mass is 453 g/mol. The van der Waals surface area contributed by atoms with Crippen molar-refractivity contribution in [2.45, 2.75) is 6.92 Å². The quantitative estimate of drug-likeness (QED) is 0.343. The van der Waals surface area contributed by atoms with Crippen LogP contribution in [0.1, 0.15) is 5.69 Å². The number of thiazole rings is 1. The lowest BCUT2D eigenvalue weighted by molar-refractivity contribution is 0.562.